The van der Waals surface area contributed by atoms with E-state index in [2.05, 4.69) is 20.8 Å². The van der Waals surface area contributed by atoms with Gasteiger partial charge in [0.15, 0.2) is 0 Å². The summed E-state index contributed by atoms with van der Waals surface area (Å²) in [6.45, 7) is 8.44. The van der Waals surface area contributed by atoms with E-state index in [0.29, 0.717) is 6.42 Å². The largest absolute Gasteiger partial charge is 0.393 e. The zero-order valence-electron chi connectivity index (χ0n) is 14.3. The van der Waals surface area contributed by atoms with Crippen molar-refractivity contribution in [3.8, 4) is 0 Å². The van der Waals surface area contributed by atoms with Crippen LogP contribution >= 0.6 is 0 Å². The van der Waals surface area contributed by atoms with Crippen molar-refractivity contribution >= 4 is 10.1 Å². The second-order valence-electron chi connectivity index (χ2n) is 8.07. The SMILES string of the molecule is Cc1ccc(S(=O)(=O)OC[C@]23CC[C@](C)([C@@H](O)C2)C3(C)C)cc1. The number of aliphatic hydroxyl groups is 1. The third-order valence-electron chi connectivity index (χ3n) is 7.00. The molecule has 2 fully saturated rings. The Morgan fingerprint density at radius 3 is 2.26 bits per heavy atom. The number of hydrogen-bond acceptors (Lipinski definition) is 4. The molecule has 2 saturated carbocycles. The molecular formula is C18H26O4S. The fraction of sp³-hybridized carbons (Fsp3) is 0.667. The van der Waals surface area contributed by atoms with Crippen LogP contribution in [-0.2, 0) is 14.3 Å². The molecule has 2 bridgehead atoms. The lowest BCUT2D eigenvalue weighted by atomic mass is 9.65. The topological polar surface area (TPSA) is 63.6 Å². The van der Waals surface area contributed by atoms with Crippen LogP contribution < -0.4 is 0 Å². The number of hydrogen-bond donors (Lipinski definition) is 1. The molecule has 2 aliphatic carbocycles. The van der Waals surface area contributed by atoms with Crippen molar-refractivity contribution in [1.29, 1.82) is 0 Å². The Balaban J connectivity index is 1.82. The number of fused-ring (bicyclic) bond motifs is 2. The molecule has 23 heavy (non-hydrogen) atoms. The minimum absolute atomic E-state index is 0.142. The molecule has 3 rings (SSSR count). The summed E-state index contributed by atoms with van der Waals surface area (Å²) in [5.41, 5.74) is 0.416. The molecule has 0 saturated heterocycles. The first-order chi connectivity index (χ1) is 10.5. The van der Waals surface area contributed by atoms with Gasteiger partial charge in [-0.1, -0.05) is 38.5 Å². The highest BCUT2D eigenvalue weighted by Gasteiger charge is 2.69. The molecule has 5 heteroatoms. The molecule has 4 nitrogen and oxygen atoms in total. The van der Waals surface area contributed by atoms with E-state index < -0.39 is 16.2 Å². The average molecular weight is 338 g/mol. The van der Waals surface area contributed by atoms with Crippen LogP contribution in [0, 0.1) is 23.2 Å². The lowest BCUT2D eigenvalue weighted by Crippen LogP contribution is -2.39. The summed E-state index contributed by atoms with van der Waals surface area (Å²) in [5.74, 6) is 0. The summed E-state index contributed by atoms with van der Waals surface area (Å²) in [5, 5.41) is 10.5. The zero-order chi connectivity index (χ0) is 17.1. The van der Waals surface area contributed by atoms with Crippen molar-refractivity contribution in [2.45, 2.75) is 58.0 Å². The third kappa shape index (κ3) is 2.28. The summed E-state index contributed by atoms with van der Waals surface area (Å²) >= 11 is 0. The summed E-state index contributed by atoms with van der Waals surface area (Å²) < 4.78 is 30.4. The average Bonchev–Trinajstić information content (AvgIpc) is 2.76. The highest BCUT2D eigenvalue weighted by molar-refractivity contribution is 7.86. The van der Waals surface area contributed by atoms with Gasteiger partial charge in [0.05, 0.1) is 17.6 Å². The molecule has 0 radical (unpaired) electrons. The highest BCUT2D eigenvalue weighted by Crippen LogP contribution is 2.72. The second kappa shape index (κ2) is 5.04. The molecule has 1 N–H and O–H groups in total. The molecule has 0 aromatic heterocycles. The Hall–Kier alpha value is -0.910. The Morgan fingerprint density at radius 2 is 1.78 bits per heavy atom. The van der Waals surface area contributed by atoms with E-state index >= 15 is 0 Å². The van der Waals surface area contributed by atoms with Gasteiger partial charge < -0.3 is 5.11 Å². The van der Waals surface area contributed by atoms with E-state index in [1.807, 2.05) is 6.92 Å². The van der Waals surface area contributed by atoms with E-state index in [1.54, 1.807) is 24.3 Å². The number of rotatable bonds is 4. The normalized spacial score (nSPS) is 35.6. The minimum atomic E-state index is -3.76. The fourth-order valence-corrected chi connectivity index (χ4v) is 5.53. The van der Waals surface area contributed by atoms with E-state index in [-0.39, 0.29) is 27.7 Å². The molecule has 3 atom stereocenters. The Bertz CT molecular complexity index is 707. The standard InChI is InChI=1S/C18H26O4S/c1-13-5-7-14(8-6-13)23(20,21)22-12-18-10-9-17(4,15(19)11-18)16(18,2)3/h5-8,15,19H,9-12H2,1-4H3/t15-,17+,18-/m0/s1. The van der Waals surface area contributed by atoms with Gasteiger partial charge in [0.25, 0.3) is 10.1 Å². The monoisotopic (exact) mass is 338 g/mol. The van der Waals surface area contributed by atoms with Crippen LogP contribution in [0.15, 0.2) is 29.2 Å². The van der Waals surface area contributed by atoms with Crippen LogP contribution in [0.2, 0.25) is 0 Å². The van der Waals surface area contributed by atoms with Crippen molar-refractivity contribution in [2.75, 3.05) is 6.61 Å². The smallest absolute Gasteiger partial charge is 0.296 e. The molecule has 0 heterocycles. The van der Waals surface area contributed by atoms with Gasteiger partial charge in [-0.15, -0.1) is 0 Å². The molecule has 0 aliphatic heterocycles. The minimum Gasteiger partial charge on any atom is -0.393 e. The summed E-state index contributed by atoms with van der Waals surface area (Å²) in [4.78, 5) is 0.191. The van der Waals surface area contributed by atoms with Gasteiger partial charge in [-0.2, -0.15) is 8.42 Å². The number of aliphatic hydroxyl groups excluding tert-OH is 1. The van der Waals surface area contributed by atoms with E-state index in [9.17, 15) is 13.5 Å². The second-order valence-corrected chi connectivity index (χ2v) is 9.69. The fourth-order valence-electron chi connectivity index (χ4n) is 4.54. The highest BCUT2D eigenvalue weighted by atomic mass is 32.2. The van der Waals surface area contributed by atoms with Gasteiger partial charge in [0.1, 0.15) is 0 Å². The molecule has 2 aliphatic rings. The molecular weight excluding hydrogens is 312 g/mol. The third-order valence-corrected chi connectivity index (χ3v) is 8.27. The van der Waals surface area contributed by atoms with E-state index in [0.717, 1.165) is 18.4 Å². The van der Waals surface area contributed by atoms with Crippen LogP contribution in [0.25, 0.3) is 0 Å². The predicted molar refractivity (Wildman–Crippen MR) is 88.5 cm³/mol. The first-order valence-electron chi connectivity index (χ1n) is 8.18. The number of aryl methyl sites for hydroxylation is 1. The van der Waals surface area contributed by atoms with Crippen molar-refractivity contribution in [1.82, 2.24) is 0 Å². The first-order valence-corrected chi connectivity index (χ1v) is 9.59. The summed E-state index contributed by atoms with van der Waals surface area (Å²) in [6.07, 6.45) is 2.03. The van der Waals surface area contributed by atoms with Crippen LogP contribution in [-0.4, -0.2) is 26.2 Å². The maximum atomic E-state index is 12.5. The van der Waals surface area contributed by atoms with Gasteiger partial charge in [-0.3, -0.25) is 4.18 Å². The van der Waals surface area contributed by atoms with Gasteiger partial charge in [0, 0.05) is 5.41 Å². The van der Waals surface area contributed by atoms with Gasteiger partial charge in [-0.05, 0) is 49.1 Å². The molecule has 128 valence electrons. The lowest BCUT2D eigenvalue weighted by molar-refractivity contribution is 0.00884. The molecule has 0 spiro atoms. The Kier molecular flexibility index (Phi) is 3.71. The number of benzene rings is 1. The molecule has 1 aromatic carbocycles. The van der Waals surface area contributed by atoms with Gasteiger partial charge in [-0.25, -0.2) is 0 Å². The maximum Gasteiger partial charge on any atom is 0.296 e. The van der Waals surface area contributed by atoms with Crippen LogP contribution in [0.5, 0.6) is 0 Å². The van der Waals surface area contributed by atoms with Crippen molar-refractivity contribution in [3.63, 3.8) is 0 Å². The summed E-state index contributed by atoms with van der Waals surface area (Å²) in [6, 6.07) is 6.69. The molecule has 1 aromatic rings. The lowest BCUT2D eigenvalue weighted by Gasteiger charge is -2.40. The van der Waals surface area contributed by atoms with Crippen LogP contribution in [0.1, 0.15) is 45.6 Å². The van der Waals surface area contributed by atoms with E-state index in [1.165, 1.54) is 0 Å². The van der Waals surface area contributed by atoms with Crippen LogP contribution in [0.4, 0.5) is 0 Å². The van der Waals surface area contributed by atoms with Crippen molar-refractivity contribution in [3.05, 3.63) is 29.8 Å². The van der Waals surface area contributed by atoms with E-state index in [4.69, 9.17) is 4.18 Å². The van der Waals surface area contributed by atoms with Gasteiger partial charge in [0.2, 0.25) is 0 Å². The summed E-state index contributed by atoms with van der Waals surface area (Å²) in [7, 11) is -3.76. The van der Waals surface area contributed by atoms with Gasteiger partial charge >= 0.3 is 0 Å². The quantitative estimate of drug-likeness (QED) is 0.856. The first kappa shape index (κ1) is 16.9. The predicted octanol–water partition coefficient (Wildman–Crippen LogP) is 3.28. The van der Waals surface area contributed by atoms with Crippen LogP contribution in [0.3, 0.4) is 0 Å². The van der Waals surface area contributed by atoms with Crippen molar-refractivity contribution < 1.29 is 17.7 Å². The Labute approximate surface area is 139 Å². The van der Waals surface area contributed by atoms with Crippen molar-refractivity contribution in [2.24, 2.45) is 16.2 Å². The zero-order valence-corrected chi connectivity index (χ0v) is 15.1. The molecule has 0 amide bonds. The molecule has 0 unspecified atom stereocenters. The maximum absolute atomic E-state index is 12.5. The Morgan fingerprint density at radius 1 is 1.17 bits per heavy atom.